The first-order chi connectivity index (χ1) is 15.5. The van der Waals surface area contributed by atoms with Gasteiger partial charge in [0, 0.05) is 44.1 Å². The van der Waals surface area contributed by atoms with Crippen LogP contribution in [0.1, 0.15) is 35.5 Å². The molecule has 32 heavy (non-hydrogen) atoms. The minimum Gasteiger partial charge on any atom is -0.487 e. The summed E-state index contributed by atoms with van der Waals surface area (Å²) in [7, 11) is 0. The largest absolute Gasteiger partial charge is 0.487 e. The molecule has 1 atom stereocenters. The van der Waals surface area contributed by atoms with E-state index in [0.29, 0.717) is 37.0 Å². The Balaban J connectivity index is 1.30. The molecule has 7 nitrogen and oxygen atoms in total. The minimum absolute atomic E-state index is 0.0181. The number of ether oxygens (including phenoxy) is 2. The molecule has 1 unspecified atom stereocenters. The molecule has 3 heterocycles. The van der Waals surface area contributed by atoms with E-state index >= 15 is 0 Å². The Bertz CT molecular complexity index is 1060. The van der Waals surface area contributed by atoms with Crippen molar-refractivity contribution in [3.05, 3.63) is 65.6 Å². The second kappa shape index (κ2) is 10.1. The van der Waals surface area contributed by atoms with E-state index in [1.165, 1.54) is 5.56 Å². The van der Waals surface area contributed by atoms with E-state index in [9.17, 15) is 4.79 Å². The van der Waals surface area contributed by atoms with Crippen LogP contribution in [-0.4, -0.2) is 59.1 Å². The molecule has 7 heteroatoms. The lowest BCUT2D eigenvalue weighted by atomic mass is 10.1. The predicted octanol–water partition coefficient (Wildman–Crippen LogP) is 3.31. The third-order valence-electron chi connectivity index (χ3n) is 5.47. The first-order valence-corrected chi connectivity index (χ1v) is 11.3. The highest BCUT2D eigenvalue weighted by atomic mass is 16.5. The first-order valence-electron chi connectivity index (χ1n) is 11.3. The fourth-order valence-electron chi connectivity index (χ4n) is 4.00. The Labute approximate surface area is 189 Å². The van der Waals surface area contributed by atoms with Gasteiger partial charge in [-0.3, -0.25) is 9.69 Å². The maximum absolute atomic E-state index is 12.7. The van der Waals surface area contributed by atoms with Gasteiger partial charge >= 0.3 is 0 Å². The fraction of sp³-hybridized carbons (Fsp3) is 0.440. The number of pyridine rings is 1. The summed E-state index contributed by atoms with van der Waals surface area (Å²) in [5.74, 6) is 1.14. The van der Waals surface area contributed by atoms with Crippen LogP contribution in [0.15, 0.2) is 48.8 Å². The van der Waals surface area contributed by atoms with Gasteiger partial charge in [-0.25, -0.2) is 4.98 Å². The minimum atomic E-state index is -0.122. The number of aromatic nitrogens is 2. The van der Waals surface area contributed by atoms with Gasteiger partial charge in [-0.2, -0.15) is 0 Å². The van der Waals surface area contributed by atoms with Crippen molar-refractivity contribution in [1.82, 2.24) is 19.6 Å². The molecule has 0 aliphatic carbocycles. The van der Waals surface area contributed by atoms with Crippen molar-refractivity contribution in [2.75, 3.05) is 32.8 Å². The normalized spacial score (nSPS) is 17.1. The Morgan fingerprint density at radius 3 is 3.00 bits per heavy atom. The standard InChI is InChI=1S/C25H32N4O3/c1-18(2)13-28-9-10-31-23(16-28)12-26-25(30)20-5-4-6-22(11-20)32-17-21-15-29-14-19(3)7-8-24(29)27-21/h4-8,11,14-15,18,23H,9-10,12-13,16-17H2,1-3H3,(H,26,30). The Kier molecular flexibility index (Phi) is 7.07. The first kappa shape index (κ1) is 22.3. The highest BCUT2D eigenvalue weighted by molar-refractivity contribution is 5.94. The molecule has 170 valence electrons. The molecule has 3 aromatic rings. The average molecular weight is 437 g/mol. The third kappa shape index (κ3) is 5.87. The lowest BCUT2D eigenvalue weighted by molar-refractivity contribution is -0.0295. The Morgan fingerprint density at radius 1 is 1.28 bits per heavy atom. The van der Waals surface area contributed by atoms with Gasteiger partial charge in [0.1, 0.15) is 18.0 Å². The van der Waals surface area contributed by atoms with Crippen LogP contribution in [0.4, 0.5) is 0 Å². The van der Waals surface area contributed by atoms with Crippen LogP contribution in [0.25, 0.3) is 5.65 Å². The van der Waals surface area contributed by atoms with Crippen LogP contribution < -0.4 is 10.1 Å². The summed E-state index contributed by atoms with van der Waals surface area (Å²) >= 11 is 0. The molecule has 1 aromatic carbocycles. The van der Waals surface area contributed by atoms with Crippen LogP contribution in [0.5, 0.6) is 5.75 Å². The number of carbonyl (C=O) groups excluding carboxylic acids is 1. The molecule has 2 aromatic heterocycles. The van der Waals surface area contributed by atoms with Crippen LogP contribution >= 0.6 is 0 Å². The number of rotatable bonds is 8. The molecular weight excluding hydrogens is 404 g/mol. The Hall–Kier alpha value is -2.90. The molecule has 4 rings (SSSR count). The number of amides is 1. The number of morpholine rings is 1. The summed E-state index contributed by atoms with van der Waals surface area (Å²) in [6, 6.07) is 11.3. The van der Waals surface area contributed by atoms with Crippen LogP contribution in [0.3, 0.4) is 0 Å². The van der Waals surface area contributed by atoms with Crippen molar-refractivity contribution in [3.63, 3.8) is 0 Å². The molecule has 1 saturated heterocycles. The Morgan fingerprint density at radius 2 is 2.16 bits per heavy atom. The molecular formula is C25H32N4O3. The van der Waals surface area contributed by atoms with Gasteiger partial charge in [0.05, 0.1) is 18.4 Å². The van der Waals surface area contributed by atoms with Crippen LogP contribution in [-0.2, 0) is 11.3 Å². The van der Waals surface area contributed by atoms with Gasteiger partial charge in [0.15, 0.2) is 0 Å². The lowest BCUT2D eigenvalue weighted by Crippen LogP contribution is -2.48. The van der Waals surface area contributed by atoms with E-state index in [1.54, 1.807) is 12.1 Å². The molecule has 0 spiro atoms. The molecule has 1 aliphatic rings. The van der Waals surface area contributed by atoms with Gasteiger partial charge in [0.25, 0.3) is 5.91 Å². The number of carbonyl (C=O) groups is 1. The zero-order valence-corrected chi connectivity index (χ0v) is 19.1. The van der Waals surface area contributed by atoms with Gasteiger partial charge in [-0.15, -0.1) is 0 Å². The molecule has 1 N–H and O–H groups in total. The van der Waals surface area contributed by atoms with Gasteiger partial charge in [0.2, 0.25) is 0 Å². The van der Waals surface area contributed by atoms with E-state index in [1.807, 2.05) is 48.0 Å². The van der Waals surface area contributed by atoms with Gasteiger partial charge in [-0.1, -0.05) is 26.0 Å². The maximum Gasteiger partial charge on any atom is 0.251 e. The highest BCUT2D eigenvalue weighted by Gasteiger charge is 2.21. The molecule has 1 aliphatic heterocycles. The number of imidazole rings is 1. The molecule has 0 radical (unpaired) electrons. The molecule has 0 bridgehead atoms. The maximum atomic E-state index is 12.7. The number of benzene rings is 1. The van der Waals surface area contributed by atoms with Crippen molar-refractivity contribution in [2.24, 2.45) is 5.92 Å². The fourth-order valence-corrected chi connectivity index (χ4v) is 4.00. The smallest absolute Gasteiger partial charge is 0.251 e. The van der Waals surface area contributed by atoms with E-state index in [2.05, 4.69) is 29.0 Å². The van der Waals surface area contributed by atoms with Crippen molar-refractivity contribution < 1.29 is 14.3 Å². The predicted molar refractivity (Wildman–Crippen MR) is 124 cm³/mol. The molecule has 0 saturated carbocycles. The van der Waals surface area contributed by atoms with Crippen molar-refractivity contribution in [2.45, 2.75) is 33.5 Å². The average Bonchev–Trinajstić information content (AvgIpc) is 3.18. The monoisotopic (exact) mass is 436 g/mol. The van der Waals surface area contributed by atoms with E-state index in [4.69, 9.17) is 9.47 Å². The van der Waals surface area contributed by atoms with E-state index < -0.39 is 0 Å². The number of nitrogens with zero attached hydrogens (tertiary/aromatic N) is 3. The zero-order valence-electron chi connectivity index (χ0n) is 19.1. The highest BCUT2D eigenvalue weighted by Crippen LogP contribution is 2.16. The molecule has 1 fully saturated rings. The van der Waals surface area contributed by atoms with Gasteiger partial charge in [-0.05, 0) is 42.7 Å². The summed E-state index contributed by atoms with van der Waals surface area (Å²) in [5, 5.41) is 3.00. The topological polar surface area (TPSA) is 68.1 Å². The number of fused-ring (bicyclic) bond motifs is 1. The summed E-state index contributed by atoms with van der Waals surface area (Å²) in [6.45, 7) is 10.9. The van der Waals surface area contributed by atoms with E-state index in [-0.39, 0.29) is 12.0 Å². The zero-order chi connectivity index (χ0) is 22.5. The summed E-state index contributed by atoms with van der Waals surface area (Å²) in [6.07, 6.45) is 4.02. The second-order valence-electron chi connectivity index (χ2n) is 8.88. The van der Waals surface area contributed by atoms with Crippen molar-refractivity contribution in [3.8, 4) is 5.75 Å². The van der Waals surface area contributed by atoms with Gasteiger partial charge < -0.3 is 19.2 Å². The summed E-state index contributed by atoms with van der Waals surface area (Å²) < 4.78 is 13.7. The molecule has 1 amide bonds. The van der Waals surface area contributed by atoms with E-state index in [0.717, 1.165) is 31.0 Å². The SMILES string of the molecule is Cc1ccc2nc(COc3cccc(C(=O)NCC4CN(CC(C)C)CCO4)c3)cn2c1. The van der Waals surface area contributed by atoms with Crippen molar-refractivity contribution in [1.29, 1.82) is 0 Å². The number of aryl methyl sites for hydroxylation is 1. The number of hydrogen-bond donors (Lipinski definition) is 1. The second-order valence-corrected chi connectivity index (χ2v) is 8.88. The van der Waals surface area contributed by atoms with Crippen LogP contribution in [0, 0.1) is 12.8 Å². The third-order valence-corrected chi connectivity index (χ3v) is 5.47. The summed E-state index contributed by atoms with van der Waals surface area (Å²) in [4.78, 5) is 19.6. The van der Waals surface area contributed by atoms with Crippen molar-refractivity contribution >= 4 is 11.6 Å². The van der Waals surface area contributed by atoms with Crippen LogP contribution in [0.2, 0.25) is 0 Å². The number of nitrogens with one attached hydrogen (secondary N) is 1. The number of hydrogen-bond acceptors (Lipinski definition) is 5. The lowest BCUT2D eigenvalue weighted by Gasteiger charge is -2.33. The summed E-state index contributed by atoms with van der Waals surface area (Å²) in [5.41, 5.74) is 3.47. The quantitative estimate of drug-likeness (QED) is 0.587.